The van der Waals surface area contributed by atoms with Crippen LogP contribution in [0, 0.1) is 5.82 Å². The number of anilines is 1. The van der Waals surface area contributed by atoms with E-state index in [1.54, 1.807) is 6.07 Å². The third-order valence-corrected chi connectivity index (χ3v) is 3.02. The zero-order valence-corrected chi connectivity index (χ0v) is 10.1. The van der Waals surface area contributed by atoms with E-state index >= 15 is 0 Å². The Labute approximate surface area is 100 Å². The molecule has 4 heteroatoms. The molecular weight excluding hydrogens is 219 g/mol. The zero-order chi connectivity index (χ0) is 12.4. The van der Waals surface area contributed by atoms with Gasteiger partial charge >= 0.3 is 0 Å². The molecule has 2 N–H and O–H groups in total. The van der Waals surface area contributed by atoms with Crippen molar-refractivity contribution in [1.29, 1.82) is 0 Å². The van der Waals surface area contributed by atoms with E-state index in [9.17, 15) is 9.18 Å². The first-order valence-electron chi connectivity index (χ1n) is 5.98. The van der Waals surface area contributed by atoms with Crippen LogP contribution >= 0.6 is 0 Å². The smallest absolute Gasteiger partial charge is 0.246 e. The normalized spacial score (nSPS) is 19.9. The Morgan fingerprint density at radius 3 is 3.00 bits per heavy atom. The fourth-order valence-electron chi connectivity index (χ4n) is 2.20. The number of hydrogen-bond acceptors (Lipinski definition) is 2. The standard InChI is InChI=1S/C13H17FN2O/c1-3-4-8(2)15-12-10-7-9(14)5-6-11(10)16-13(12)17/h5-8,12,15H,3-4H2,1-2H3,(H,16,17). The number of rotatable bonds is 4. The van der Waals surface area contributed by atoms with Crippen LogP contribution in [0.5, 0.6) is 0 Å². The van der Waals surface area contributed by atoms with Crippen molar-refractivity contribution in [3.05, 3.63) is 29.6 Å². The highest BCUT2D eigenvalue weighted by molar-refractivity contribution is 6.02. The maximum absolute atomic E-state index is 13.2. The Bertz CT molecular complexity index is 433. The van der Waals surface area contributed by atoms with Crippen LogP contribution in [0.1, 0.15) is 38.3 Å². The van der Waals surface area contributed by atoms with Gasteiger partial charge in [-0.15, -0.1) is 0 Å². The molecule has 0 aromatic heterocycles. The molecule has 1 heterocycles. The zero-order valence-electron chi connectivity index (χ0n) is 10.1. The molecule has 0 spiro atoms. The predicted molar refractivity (Wildman–Crippen MR) is 65.3 cm³/mol. The molecule has 92 valence electrons. The summed E-state index contributed by atoms with van der Waals surface area (Å²) in [5.74, 6) is -0.413. The van der Waals surface area contributed by atoms with Gasteiger partial charge in [-0.2, -0.15) is 0 Å². The van der Waals surface area contributed by atoms with Crippen molar-refractivity contribution in [3.63, 3.8) is 0 Å². The molecule has 1 aromatic rings. The topological polar surface area (TPSA) is 41.1 Å². The van der Waals surface area contributed by atoms with Crippen LogP contribution < -0.4 is 10.6 Å². The van der Waals surface area contributed by atoms with Crippen molar-refractivity contribution in [2.24, 2.45) is 0 Å². The van der Waals surface area contributed by atoms with Gasteiger partial charge < -0.3 is 5.32 Å². The summed E-state index contributed by atoms with van der Waals surface area (Å²) in [5.41, 5.74) is 1.41. The van der Waals surface area contributed by atoms with Gasteiger partial charge in [0.1, 0.15) is 11.9 Å². The van der Waals surface area contributed by atoms with Gasteiger partial charge in [-0.05, 0) is 31.5 Å². The average molecular weight is 236 g/mol. The van der Waals surface area contributed by atoms with Crippen molar-refractivity contribution in [3.8, 4) is 0 Å². The number of fused-ring (bicyclic) bond motifs is 1. The SMILES string of the molecule is CCCC(C)NC1C(=O)Nc2ccc(F)cc21. The Kier molecular flexibility index (Phi) is 3.43. The number of carbonyl (C=O) groups excluding carboxylic acids is 1. The molecule has 3 nitrogen and oxygen atoms in total. The Balaban J connectivity index is 2.19. The van der Waals surface area contributed by atoms with Crippen LogP contribution in [0.4, 0.5) is 10.1 Å². The highest BCUT2D eigenvalue weighted by atomic mass is 19.1. The van der Waals surface area contributed by atoms with Gasteiger partial charge in [0, 0.05) is 17.3 Å². The molecule has 0 bridgehead atoms. The van der Waals surface area contributed by atoms with Crippen LogP contribution in [0.25, 0.3) is 0 Å². The first kappa shape index (κ1) is 12.0. The largest absolute Gasteiger partial charge is 0.324 e. The molecule has 0 aliphatic carbocycles. The van der Waals surface area contributed by atoms with E-state index in [-0.39, 0.29) is 17.8 Å². The van der Waals surface area contributed by atoms with Gasteiger partial charge in [0.2, 0.25) is 5.91 Å². The molecule has 0 saturated carbocycles. The van der Waals surface area contributed by atoms with Gasteiger partial charge in [0.25, 0.3) is 0 Å². The molecule has 0 saturated heterocycles. The minimum absolute atomic E-state index is 0.103. The molecule has 17 heavy (non-hydrogen) atoms. The lowest BCUT2D eigenvalue weighted by atomic mass is 10.1. The summed E-state index contributed by atoms with van der Waals surface area (Å²) >= 11 is 0. The molecule has 0 fully saturated rings. The van der Waals surface area contributed by atoms with Crippen LogP contribution in [0.15, 0.2) is 18.2 Å². The summed E-state index contributed by atoms with van der Waals surface area (Å²) < 4.78 is 13.2. The fraction of sp³-hybridized carbons (Fsp3) is 0.462. The average Bonchev–Trinajstić information content (AvgIpc) is 2.56. The number of halogens is 1. The number of carbonyl (C=O) groups is 1. The van der Waals surface area contributed by atoms with Gasteiger partial charge in [0.05, 0.1) is 0 Å². The summed E-state index contributed by atoms with van der Waals surface area (Å²) in [6.45, 7) is 4.13. The summed E-state index contributed by atoms with van der Waals surface area (Å²) in [6, 6.07) is 4.20. The second-order valence-corrected chi connectivity index (χ2v) is 4.51. The summed E-state index contributed by atoms with van der Waals surface area (Å²) in [6.07, 6.45) is 2.05. The number of hydrogen-bond donors (Lipinski definition) is 2. The van der Waals surface area contributed by atoms with Crippen molar-refractivity contribution in [2.75, 3.05) is 5.32 Å². The molecule has 1 aliphatic heterocycles. The molecule has 1 amide bonds. The summed E-state index contributed by atoms with van der Waals surface area (Å²) in [4.78, 5) is 11.8. The third-order valence-electron chi connectivity index (χ3n) is 3.02. The van der Waals surface area contributed by atoms with Gasteiger partial charge in [0.15, 0.2) is 0 Å². The van der Waals surface area contributed by atoms with E-state index in [0.717, 1.165) is 12.8 Å². The predicted octanol–water partition coefficient (Wildman–Crippen LogP) is 2.60. The molecular formula is C13H17FN2O. The van der Waals surface area contributed by atoms with E-state index in [1.807, 2.05) is 6.92 Å². The lowest BCUT2D eigenvalue weighted by Gasteiger charge is -2.17. The molecule has 0 radical (unpaired) electrons. The Morgan fingerprint density at radius 1 is 1.53 bits per heavy atom. The highest BCUT2D eigenvalue weighted by Gasteiger charge is 2.31. The van der Waals surface area contributed by atoms with Crippen LogP contribution in [-0.2, 0) is 4.79 Å². The number of nitrogens with one attached hydrogen (secondary N) is 2. The minimum Gasteiger partial charge on any atom is -0.324 e. The first-order chi connectivity index (χ1) is 8.11. The van der Waals surface area contributed by atoms with E-state index in [2.05, 4.69) is 17.6 Å². The lowest BCUT2D eigenvalue weighted by molar-refractivity contribution is -0.117. The van der Waals surface area contributed by atoms with Crippen molar-refractivity contribution < 1.29 is 9.18 Å². The van der Waals surface area contributed by atoms with Gasteiger partial charge in [-0.25, -0.2) is 4.39 Å². The lowest BCUT2D eigenvalue weighted by Crippen LogP contribution is -2.34. The minimum atomic E-state index is -0.428. The molecule has 1 aromatic carbocycles. The highest BCUT2D eigenvalue weighted by Crippen LogP contribution is 2.31. The van der Waals surface area contributed by atoms with Crippen LogP contribution in [0.3, 0.4) is 0 Å². The summed E-state index contributed by atoms with van der Waals surface area (Å²) in [7, 11) is 0. The van der Waals surface area contributed by atoms with Crippen molar-refractivity contribution in [1.82, 2.24) is 5.32 Å². The number of amides is 1. The molecule has 2 unspecified atom stereocenters. The molecule has 1 aliphatic rings. The van der Waals surface area contributed by atoms with Crippen LogP contribution in [0.2, 0.25) is 0 Å². The number of benzene rings is 1. The van der Waals surface area contributed by atoms with Gasteiger partial charge in [-0.3, -0.25) is 10.1 Å². The van der Waals surface area contributed by atoms with E-state index in [4.69, 9.17) is 0 Å². The first-order valence-corrected chi connectivity index (χ1v) is 5.98. The Morgan fingerprint density at radius 2 is 2.29 bits per heavy atom. The van der Waals surface area contributed by atoms with E-state index < -0.39 is 6.04 Å². The fourth-order valence-corrected chi connectivity index (χ4v) is 2.20. The maximum Gasteiger partial charge on any atom is 0.246 e. The van der Waals surface area contributed by atoms with E-state index in [0.29, 0.717) is 11.3 Å². The quantitative estimate of drug-likeness (QED) is 0.843. The second kappa shape index (κ2) is 4.84. The maximum atomic E-state index is 13.2. The summed E-state index contributed by atoms with van der Waals surface area (Å²) in [5, 5.41) is 5.99. The van der Waals surface area contributed by atoms with E-state index in [1.165, 1.54) is 12.1 Å². The monoisotopic (exact) mass is 236 g/mol. The van der Waals surface area contributed by atoms with Crippen molar-refractivity contribution in [2.45, 2.75) is 38.8 Å². The van der Waals surface area contributed by atoms with Crippen LogP contribution in [-0.4, -0.2) is 11.9 Å². The third kappa shape index (κ3) is 2.47. The van der Waals surface area contributed by atoms with Crippen molar-refractivity contribution >= 4 is 11.6 Å². The molecule has 2 rings (SSSR count). The second-order valence-electron chi connectivity index (χ2n) is 4.51. The van der Waals surface area contributed by atoms with Gasteiger partial charge in [-0.1, -0.05) is 13.3 Å². The molecule has 2 atom stereocenters. The Hall–Kier alpha value is -1.42.